The van der Waals surface area contributed by atoms with E-state index in [0.717, 1.165) is 5.56 Å². The minimum atomic E-state index is -2.93. The molecule has 0 bridgehead atoms. The van der Waals surface area contributed by atoms with Crippen LogP contribution < -0.4 is 10.1 Å². The maximum absolute atomic E-state index is 12.3. The number of aromatic nitrogens is 2. The molecule has 0 radical (unpaired) electrons. The molecule has 0 aliphatic rings. The number of rotatable bonds is 6. The quantitative estimate of drug-likeness (QED) is 0.882. The second-order valence-corrected chi connectivity index (χ2v) is 5.61. The van der Waals surface area contributed by atoms with Gasteiger partial charge < -0.3 is 10.1 Å². The van der Waals surface area contributed by atoms with Crippen LogP contribution >= 0.6 is 0 Å². The predicted octanol–water partition coefficient (Wildman–Crippen LogP) is 3.70. The summed E-state index contributed by atoms with van der Waals surface area (Å²) in [6.45, 7) is 3.68. The van der Waals surface area contributed by atoms with E-state index >= 15 is 0 Å². The molecular weight excluding hydrogens is 304 g/mol. The van der Waals surface area contributed by atoms with Gasteiger partial charge in [-0.25, -0.2) is 4.68 Å². The Labute approximate surface area is 133 Å². The molecule has 2 rings (SSSR count). The largest absolute Gasteiger partial charge is 0.435 e. The van der Waals surface area contributed by atoms with Gasteiger partial charge in [-0.05, 0) is 31.0 Å². The van der Waals surface area contributed by atoms with Crippen molar-refractivity contribution in [1.29, 1.82) is 0 Å². The molecule has 0 fully saturated rings. The molecule has 0 aliphatic heterocycles. The minimum absolute atomic E-state index is 0.0555. The van der Waals surface area contributed by atoms with Crippen LogP contribution in [-0.4, -0.2) is 22.3 Å². The van der Waals surface area contributed by atoms with Gasteiger partial charge in [0.1, 0.15) is 11.6 Å². The molecule has 1 amide bonds. The van der Waals surface area contributed by atoms with Crippen molar-refractivity contribution in [1.82, 2.24) is 9.78 Å². The molecule has 0 atom stereocenters. The first-order valence-corrected chi connectivity index (χ1v) is 7.25. The van der Waals surface area contributed by atoms with Crippen molar-refractivity contribution < 1.29 is 18.3 Å². The smallest absolute Gasteiger partial charge is 0.387 e. The number of halogens is 2. The fourth-order valence-electron chi connectivity index (χ4n) is 2.12. The molecule has 0 unspecified atom stereocenters. The summed E-state index contributed by atoms with van der Waals surface area (Å²) in [5.41, 5.74) is 1.07. The molecule has 2 aromatic rings. The third-order valence-electron chi connectivity index (χ3n) is 3.11. The second-order valence-electron chi connectivity index (χ2n) is 5.61. The summed E-state index contributed by atoms with van der Waals surface area (Å²) >= 11 is 0. The zero-order valence-corrected chi connectivity index (χ0v) is 13.2. The Morgan fingerprint density at radius 3 is 2.78 bits per heavy atom. The Morgan fingerprint density at radius 1 is 1.39 bits per heavy atom. The Balaban J connectivity index is 2.18. The van der Waals surface area contributed by atoms with Gasteiger partial charge in [-0.2, -0.15) is 13.9 Å². The summed E-state index contributed by atoms with van der Waals surface area (Å²) in [6.07, 6.45) is 1.67. The fraction of sp³-hybridized carbons (Fsp3) is 0.375. The van der Waals surface area contributed by atoms with Crippen LogP contribution in [0.5, 0.6) is 5.75 Å². The van der Waals surface area contributed by atoms with E-state index in [9.17, 15) is 13.6 Å². The lowest BCUT2D eigenvalue weighted by Crippen LogP contribution is -2.18. The van der Waals surface area contributed by atoms with Crippen LogP contribution in [0.2, 0.25) is 0 Å². The number of ether oxygens (including phenoxy) is 1. The van der Waals surface area contributed by atoms with Crippen LogP contribution in [-0.2, 0) is 6.54 Å². The van der Waals surface area contributed by atoms with Gasteiger partial charge in [0.05, 0.1) is 6.20 Å². The summed E-state index contributed by atoms with van der Waals surface area (Å²) in [5.74, 6) is 0.509. The van der Waals surface area contributed by atoms with E-state index in [-0.39, 0.29) is 11.3 Å². The third-order valence-corrected chi connectivity index (χ3v) is 3.11. The lowest BCUT2D eigenvalue weighted by molar-refractivity contribution is -0.0498. The number of alkyl halides is 2. The highest BCUT2D eigenvalue weighted by Gasteiger charge is 2.14. The van der Waals surface area contributed by atoms with Gasteiger partial charge in [-0.3, -0.25) is 4.79 Å². The van der Waals surface area contributed by atoms with Gasteiger partial charge in [0.25, 0.3) is 5.91 Å². The van der Waals surface area contributed by atoms with Crippen molar-refractivity contribution in [3.8, 4) is 5.75 Å². The Morgan fingerprint density at radius 2 is 2.13 bits per heavy atom. The number of carbonyl (C=O) groups is 1. The average molecular weight is 323 g/mol. The Bertz CT molecular complexity index is 684. The SMILES string of the molecule is Cc1cnn(CC(C)C)c1NC(=O)c1cccc(OC(F)F)c1. The molecule has 1 N–H and O–H groups in total. The zero-order valence-electron chi connectivity index (χ0n) is 13.2. The van der Waals surface area contributed by atoms with Crippen LogP contribution in [0.15, 0.2) is 30.5 Å². The van der Waals surface area contributed by atoms with E-state index in [1.807, 2.05) is 20.8 Å². The number of nitrogens with zero attached hydrogens (tertiary/aromatic N) is 2. The molecule has 5 nitrogen and oxygen atoms in total. The van der Waals surface area contributed by atoms with E-state index in [2.05, 4.69) is 15.2 Å². The van der Waals surface area contributed by atoms with Crippen molar-refractivity contribution in [3.05, 3.63) is 41.6 Å². The van der Waals surface area contributed by atoms with Crippen LogP contribution in [0, 0.1) is 12.8 Å². The summed E-state index contributed by atoms with van der Waals surface area (Å²) in [6, 6.07) is 5.67. The van der Waals surface area contributed by atoms with Gasteiger partial charge in [0.2, 0.25) is 0 Å². The second kappa shape index (κ2) is 7.21. The first kappa shape index (κ1) is 16.9. The van der Waals surface area contributed by atoms with E-state index in [1.165, 1.54) is 24.3 Å². The van der Waals surface area contributed by atoms with Crippen molar-refractivity contribution >= 4 is 11.7 Å². The van der Waals surface area contributed by atoms with Gasteiger partial charge >= 0.3 is 6.61 Å². The molecule has 1 aromatic carbocycles. The van der Waals surface area contributed by atoms with E-state index in [4.69, 9.17) is 0 Å². The lowest BCUT2D eigenvalue weighted by atomic mass is 10.2. The van der Waals surface area contributed by atoms with Crippen molar-refractivity contribution in [3.63, 3.8) is 0 Å². The van der Waals surface area contributed by atoms with E-state index in [1.54, 1.807) is 10.9 Å². The summed E-state index contributed by atoms with van der Waals surface area (Å²) in [4.78, 5) is 12.3. The van der Waals surface area contributed by atoms with Crippen LogP contribution in [0.1, 0.15) is 29.8 Å². The number of hydrogen-bond acceptors (Lipinski definition) is 3. The highest BCUT2D eigenvalue weighted by Crippen LogP contribution is 2.19. The fourth-order valence-corrected chi connectivity index (χ4v) is 2.12. The molecule has 124 valence electrons. The normalized spacial score (nSPS) is 11.1. The molecule has 0 saturated heterocycles. The van der Waals surface area contributed by atoms with Gasteiger partial charge in [0, 0.05) is 17.7 Å². The molecular formula is C16H19F2N3O2. The number of nitrogens with one attached hydrogen (secondary N) is 1. The number of amides is 1. The summed E-state index contributed by atoms with van der Waals surface area (Å²) in [7, 11) is 0. The molecule has 1 heterocycles. The number of benzene rings is 1. The number of aryl methyl sites for hydroxylation is 1. The standard InChI is InChI=1S/C16H19F2N3O2/c1-10(2)9-21-14(11(3)8-19-21)20-15(22)12-5-4-6-13(7-12)23-16(17)18/h4-8,10,16H,9H2,1-3H3,(H,20,22). The molecule has 0 spiro atoms. The molecule has 0 aliphatic carbocycles. The molecule has 0 saturated carbocycles. The van der Waals surface area contributed by atoms with Crippen molar-refractivity contribution in [2.75, 3.05) is 5.32 Å². The topological polar surface area (TPSA) is 56.2 Å². The predicted molar refractivity (Wildman–Crippen MR) is 82.8 cm³/mol. The van der Waals surface area contributed by atoms with Crippen LogP contribution in [0.4, 0.5) is 14.6 Å². The maximum Gasteiger partial charge on any atom is 0.387 e. The van der Waals surface area contributed by atoms with Gasteiger partial charge in [-0.1, -0.05) is 19.9 Å². The first-order valence-electron chi connectivity index (χ1n) is 7.25. The highest BCUT2D eigenvalue weighted by molar-refractivity contribution is 6.04. The zero-order chi connectivity index (χ0) is 17.0. The number of hydrogen-bond donors (Lipinski definition) is 1. The summed E-state index contributed by atoms with van der Waals surface area (Å²) < 4.78 is 30.5. The molecule has 1 aromatic heterocycles. The third kappa shape index (κ3) is 4.51. The number of anilines is 1. The lowest BCUT2D eigenvalue weighted by Gasteiger charge is -2.12. The van der Waals surface area contributed by atoms with Crippen molar-refractivity contribution in [2.24, 2.45) is 5.92 Å². The Kier molecular flexibility index (Phi) is 5.31. The summed E-state index contributed by atoms with van der Waals surface area (Å²) in [5, 5.41) is 7.02. The average Bonchev–Trinajstić information content (AvgIpc) is 2.79. The van der Waals surface area contributed by atoms with Crippen LogP contribution in [0.3, 0.4) is 0 Å². The maximum atomic E-state index is 12.3. The monoisotopic (exact) mass is 323 g/mol. The molecule has 23 heavy (non-hydrogen) atoms. The first-order chi connectivity index (χ1) is 10.9. The number of carbonyl (C=O) groups excluding carboxylic acids is 1. The van der Waals surface area contributed by atoms with Gasteiger partial charge in [-0.15, -0.1) is 0 Å². The van der Waals surface area contributed by atoms with E-state index in [0.29, 0.717) is 18.3 Å². The minimum Gasteiger partial charge on any atom is -0.435 e. The van der Waals surface area contributed by atoms with Crippen molar-refractivity contribution in [2.45, 2.75) is 33.9 Å². The highest BCUT2D eigenvalue weighted by atomic mass is 19.3. The molecule has 7 heteroatoms. The van der Waals surface area contributed by atoms with Gasteiger partial charge in [0.15, 0.2) is 0 Å². The Hall–Kier alpha value is -2.44. The van der Waals surface area contributed by atoms with E-state index < -0.39 is 12.5 Å². The van der Waals surface area contributed by atoms with Crippen LogP contribution in [0.25, 0.3) is 0 Å².